The van der Waals surface area contributed by atoms with Crippen molar-refractivity contribution in [3.63, 3.8) is 0 Å². The van der Waals surface area contributed by atoms with Crippen molar-refractivity contribution < 1.29 is 4.52 Å². The molecule has 1 aromatic heterocycles. The third kappa shape index (κ3) is 2.53. The SMILES string of the molecule is Cc1cc(SCc2ccno2)ccc1N. The maximum Gasteiger partial charge on any atom is 0.146 e. The molecule has 0 amide bonds. The third-order valence-electron chi connectivity index (χ3n) is 2.11. The zero-order valence-corrected chi connectivity index (χ0v) is 9.25. The molecule has 2 rings (SSSR count). The molecule has 4 heteroatoms. The van der Waals surface area contributed by atoms with Gasteiger partial charge in [-0.15, -0.1) is 11.8 Å². The summed E-state index contributed by atoms with van der Waals surface area (Å²) in [6, 6.07) is 7.90. The molecule has 0 bridgehead atoms. The summed E-state index contributed by atoms with van der Waals surface area (Å²) < 4.78 is 5.01. The molecule has 78 valence electrons. The fourth-order valence-electron chi connectivity index (χ4n) is 1.21. The lowest BCUT2D eigenvalue weighted by atomic mass is 10.2. The lowest BCUT2D eigenvalue weighted by molar-refractivity contribution is 0.395. The van der Waals surface area contributed by atoms with Crippen molar-refractivity contribution in [2.45, 2.75) is 17.6 Å². The number of nitrogen functional groups attached to an aromatic ring is 1. The monoisotopic (exact) mass is 220 g/mol. The van der Waals surface area contributed by atoms with Crippen LogP contribution in [-0.4, -0.2) is 5.16 Å². The van der Waals surface area contributed by atoms with Crippen LogP contribution in [-0.2, 0) is 5.75 Å². The van der Waals surface area contributed by atoms with Gasteiger partial charge in [-0.3, -0.25) is 0 Å². The van der Waals surface area contributed by atoms with Crippen molar-refractivity contribution in [2.24, 2.45) is 0 Å². The molecule has 0 radical (unpaired) electrons. The first-order valence-corrected chi connectivity index (χ1v) is 5.63. The number of nitrogens with zero attached hydrogens (tertiary/aromatic N) is 1. The molecule has 2 N–H and O–H groups in total. The van der Waals surface area contributed by atoms with E-state index in [1.165, 1.54) is 4.90 Å². The Morgan fingerprint density at radius 1 is 1.40 bits per heavy atom. The summed E-state index contributed by atoms with van der Waals surface area (Å²) in [5.74, 6) is 1.68. The highest BCUT2D eigenvalue weighted by Crippen LogP contribution is 2.25. The van der Waals surface area contributed by atoms with Crippen LogP contribution in [0.25, 0.3) is 0 Å². The molecule has 1 aromatic carbocycles. The first-order valence-electron chi connectivity index (χ1n) is 4.64. The Morgan fingerprint density at radius 2 is 2.27 bits per heavy atom. The van der Waals surface area contributed by atoms with Gasteiger partial charge in [-0.05, 0) is 30.7 Å². The van der Waals surface area contributed by atoms with Gasteiger partial charge in [0.15, 0.2) is 0 Å². The van der Waals surface area contributed by atoms with Crippen LogP contribution in [0.4, 0.5) is 5.69 Å². The second-order valence-electron chi connectivity index (χ2n) is 3.29. The molecule has 0 aliphatic heterocycles. The Labute approximate surface area is 92.6 Å². The van der Waals surface area contributed by atoms with E-state index in [4.69, 9.17) is 10.3 Å². The van der Waals surface area contributed by atoms with Crippen LogP contribution in [0.15, 0.2) is 39.9 Å². The molecule has 15 heavy (non-hydrogen) atoms. The zero-order chi connectivity index (χ0) is 10.7. The summed E-state index contributed by atoms with van der Waals surface area (Å²) in [5.41, 5.74) is 7.68. The van der Waals surface area contributed by atoms with Crippen LogP contribution in [0.5, 0.6) is 0 Å². The molecule has 0 aliphatic rings. The minimum atomic E-state index is 0.795. The number of hydrogen-bond donors (Lipinski definition) is 1. The van der Waals surface area contributed by atoms with Crippen molar-refractivity contribution in [3.8, 4) is 0 Å². The molecule has 0 aliphatic carbocycles. The Morgan fingerprint density at radius 3 is 2.93 bits per heavy atom. The predicted molar refractivity (Wildman–Crippen MR) is 61.7 cm³/mol. The fourth-order valence-corrected chi connectivity index (χ4v) is 2.09. The van der Waals surface area contributed by atoms with Crippen molar-refractivity contribution in [1.82, 2.24) is 5.16 Å². The van der Waals surface area contributed by atoms with Crippen LogP contribution in [0.2, 0.25) is 0 Å². The van der Waals surface area contributed by atoms with E-state index in [0.717, 1.165) is 22.8 Å². The molecule has 3 nitrogen and oxygen atoms in total. The van der Waals surface area contributed by atoms with Crippen LogP contribution >= 0.6 is 11.8 Å². The minimum Gasteiger partial charge on any atom is -0.399 e. The van der Waals surface area contributed by atoms with Gasteiger partial charge in [-0.25, -0.2) is 0 Å². The van der Waals surface area contributed by atoms with E-state index >= 15 is 0 Å². The molecule has 0 unspecified atom stereocenters. The largest absolute Gasteiger partial charge is 0.399 e. The number of aryl methyl sites for hydroxylation is 1. The van der Waals surface area contributed by atoms with E-state index in [-0.39, 0.29) is 0 Å². The highest BCUT2D eigenvalue weighted by Gasteiger charge is 2.01. The standard InChI is InChI=1S/C11H12N2OS/c1-8-6-10(2-3-11(8)12)15-7-9-4-5-13-14-9/h2-6H,7,12H2,1H3. The van der Waals surface area contributed by atoms with E-state index in [2.05, 4.69) is 11.2 Å². The molecular weight excluding hydrogens is 208 g/mol. The van der Waals surface area contributed by atoms with Gasteiger partial charge in [-0.1, -0.05) is 5.16 Å². The summed E-state index contributed by atoms with van der Waals surface area (Å²) in [5, 5.41) is 3.66. The molecule has 0 saturated heterocycles. The van der Waals surface area contributed by atoms with Gasteiger partial charge in [0, 0.05) is 16.6 Å². The predicted octanol–water partition coefficient (Wildman–Crippen LogP) is 2.86. The van der Waals surface area contributed by atoms with Crippen LogP contribution in [0.1, 0.15) is 11.3 Å². The summed E-state index contributed by atoms with van der Waals surface area (Å²) in [4.78, 5) is 1.19. The van der Waals surface area contributed by atoms with Crippen molar-refractivity contribution >= 4 is 17.4 Å². The number of nitrogens with two attached hydrogens (primary N) is 1. The topological polar surface area (TPSA) is 52.0 Å². The van der Waals surface area contributed by atoms with Crippen LogP contribution in [0.3, 0.4) is 0 Å². The lowest BCUT2D eigenvalue weighted by Crippen LogP contribution is -1.88. The fraction of sp³-hybridized carbons (Fsp3) is 0.182. The Kier molecular flexibility index (Phi) is 2.97. The maximum atomic E-state index is 5.74. The molecule has 0 spiro atoms. The van der Waals surface area contributed by atoms with Crippen molar-refractivity contribution in [1.29, 1.82) is 0 Å². The summed E-state index contributed by atoms with van der Waals surface area (Å²) in [6.07, 6.45) is 1.66. The van der Waals surface area contributed by atoms with Gasteiger partial charge in [0.2, 0.25) is 0 Å². The molecule has 1 heterocycles. The molecular formula is C11H12N2OS. The number of aromatic nitrogens is 1. The smallest absolute Gasteiger partial charge is 0.146 e. The number of thioether (sulfide) groups is 1. The quantitative estimate of drug-likeness (QED) is 0.638. The number of hydrogen-bond acceptors (Lipinski definition) is 4. The first-order chi connectivity index (χ1) is 7.25. The van der Waals surface area contributed by atoms with E-state index in [1.54, 1.807) is 18.0 Å². The lowest BCUT2D eigenvalue weighted by Gasteiger charge is -2.03. The molecule has 0 saturated carbocycles. The number of anilines is 1. The van der Waals surface area contributed by atoms with Gasteiger partial charge in [0.1, 0.15) is 5.76 Å². The number of rotatable bonds is 3. The second kappa shape index (κ2) is 4.40. The first kappa shape index (κ1) is 10.1. The zero-order valence-electron chi connectivity index (χ0n) is 8.43. The van der Waals surface area contributed by atoms with Crippen molar-refractivity contribution in [2.75, 3.05) is 5.73 Å². The molecule has 0 atom stereocenters. The van der Waals surface area contributed by atoms with Gasteiger partial charge in [0.25, 0.3) is 0 Å². The highest BCUT2D eigenvalue weighted by atomic mass is 32.2. The average molecular weight is 220 g/mol. The summed E-state index contributed by atoms with van der Waals surface area (Å²) >= 11 is 1.71. The maximum absolute atomic E-state index is 5.74. The highest BCUT2D eigenvalue weighted by molar-refractivity contribution is 7.98. The van der Waals surface area contributed by atoms with Gasteiger partial charge >= 0.3 is 0 Å². The molecule has 2 aromatic rings. The number of benzene rings is 1. The van der Waals surface area contributed by atoms with E-state index in [9.17, 15) is 0 Å². The Hall–Kier alpha value is -1.42. The van der Waals surface area contributed by atoms with Gasteiger partial charge in [-0.2, -0.15) is 0 Å². The normalized spacial score (nSPS) is 10.5. The van der Waals surface area contributed by atoms with E-state index < -0.39 is 0 Å². The Bertz CT molecular complexity index is 440. The second-order valence-corrected chi connectivity index (χ2v) is 4.33. The van der Waals surface area contributed by atoms with Gasteiger partial charge in [0.05, 0.1) is 11.9 Å². The average Bonchev–Trinajstić information content (AvgIpc) is 2.73. The van der Waals surface area contributed by atoms with Gasteiger partial charge < -0.3 is 10.3 Å². The Balaban J connectivity index is 2.02. The molecule has 0 fully saturated rings. The third-order valence-corrected chi connectivity index (χ3v) is 3.13. The van der Waals surface area contributed by atoms with Crippen LogP contribution < -0.4 is 5.73 Å². The van der Waals surface area contributed by atoms with E-state index in [0.29, 0.717) is 0 Å². The van der Waals surface area contributed by atoms with Crippen molar-refractivity contribution in [3.05, 3.63) is 41.8 Å². The minimum absolute atomic E-state index is 0.795. The summed E-state index contributed by atoms with van der Waals surface area (Å²) in [7, 11) is 0. The summed E-state index contributed by atoms with van der Waals surface area (Å²) in [6.45, 7) is 2.01. The van der Waals surface area contributed by atoms with Crippen LogP contribution in [0, 0.1) is 6.92 Å². The van der Waals surface area contributed by atoms with E-state index in [1.807, 2.05) is 25.1 Å².